The molecule has 0 bridgehead atoms. The average molecular weight is 1300 g/mol. The van der Waals surface area contributed by atoms with Crippen molar-refractivity contribution in [1.29, 1.82) is 0 Å². The Hall–Kier alpha value is -2.03. The molecule has 2 atom stereocenters. The molecule has 2 unspecified atom stereocenters. The molecule has 0 aromatic heterocycles. The smallest absolute Gasteiger partial charge is 0.462 e. The number of carbonyl (C=O) groups is 2. The van der Waals surface area contributed by atoms with Gasteiger partial charge in [-0.3, -0.25) is 18.6 Å². The van der Waals surface area contributed by atoms with E-state index < -0.39 is 26.5 Å². The highest BCUT2D eigenvalue weighted by Gasteiger charge is 2.26. The van der Waals surface area contributed by atoms with Gasteiger partial charge in [0.1, 0.15) is 6.61 Å². The van der Waals surface area contributed by atoms with Crippen molar-refractivity contribution in [1.82, 2.24) is 0 Å². The summed E-state index contributed by atoms with van der Waals surface area (Å²) in [7, 11) is -4.39. The fourth-order valence-corrected chi connectivity index (χ4v) is 13.0. The number of rotatable bonds is 77. The van der Waals surface area contributed by atoms with Crippen molar-refractivity contribution in [2.24, 2.45) is 5.73 Å². The normalized spacial score (nSPS) is 13.1. The molecule has 10 heteroatoms. The van der Waals surface area contributed by atoms with Crippen LogP contribution >= 0.6 is 7.82 Å². The maximum Gasteiger partial charge on any atom is 0.472 e. The molecular formula is C81H154NO8P. The summed E-state index contributed by atoms with van der Waals surface area (Å²) in [6.45, 7) is 3.80. The van der Waals surface area contributed by atoms with E-state index in [-0.39, 0.29) is 38.6 Å². The monoisotopic (exact) mass is 1300 g/mol. The van der Waals surface area contributed by atoms with Crippen LogP contribution in [0.3, 0.4) is 0 Å². The molecule has 3 N–H and O–H groups in total. The molecule has 0 saturated carbocycles. The average Bonchev–Trinajstić information content (AvgIpc) is 3.74. The topological polar surface area (TPSA) is 134 Å². The summed E-state index contributed by atoms with van der Waals surface area (Å²) in [5, 5.41) is 0. The number of unbranched alkanes of at least 4 members (excludes halogenated alkanes) is 56. The van der Waals surface area contributed by atoms with E-state index in [1.165, 1.54) is 347 Å². The molecule has 0 rings (SSSR count). The van der Waals surface area contributed by atoms with Crippen LogP contribution in [0.2, 0.25) is 0 Å². The first-order valence-corrected chi connectivity index (χ1v) is 41.6. The number of ether oxygens (including phenoxy) is 2. The Balaban J connectivity index is 3.75. The largest absolute Gasteiger partial charge is 0.472 e. The number of carbonyl (C=O) groups excluding carboxylic acids is 2. The third-order valence-corrected chi connectivity index (χ3v) is 19.2. The van der Waals surface area contributed by atoms with Crippen molar-refractivity contribution in [2.45, 2.75) is 431 Å². The van der Waals surface area contributed by atoms with Gasteiger partial charge in [-0.1, -0.05) is 383 Å². The quantitative estimate of drug-likeness (QED) is 0.0264. The van der Waals surface area contributed by atoms with Gasteiger partial charge >= 0.3 is 19.8 Å². The van der Waals surface area contributed by atoms with Gasteiger partial charge in [0, 0.05) is 19.4 Å². The Labute approximate surface area is 566 Å². The summed E-state index contributed by atoms with van der Waals surface area (Å²) >= 11 is 0. The van der Waals surface area contributed by atoms with Gasteiger partial charge in [-0.05, 0) is 77.0 Å². The second kappa shape index (κ2) is 77.0. The first-order valence-electron chi connectivity index (χ1n) is 40.1. The van der Waals surface area contributed by atoms with Crippen molar-refractivity contribution in [3.8, 4) is 0 Å². The summed E-state index contributed by atoms with van der Waals surface area (Å²) in [6, 6.07) is 0. The zero-order valence-corrected chi connectivity index (χ0v) is 61.5. The molecule has 0 fully saturated rings. The van der Waals surface area contributed by atoms with Crippen LogP contribution in [0.15, 0.2) is 48.6 Å². The molecule has 9 nitrogen and oxygen atoms in total. The lowest BCUT2D eigenvalue weighted by molar-refractivity contribution is -0.161. The highest BCUT2D eigenvalue weighted by atomic mass is 31.2. The predicted molar refractivity (Wildman–Crippen MR) is 395 cm³/mol. The number of esters is 2. The van der Waals surface area contributed by atoms with E-state index in [0.29, 0.717) is 6.42 Å². The van der Waals surface area contributed by atoms with Crippen LogP contribution in [-0.4, -0.2) is 49.3 Å². The van der Waals surface area contributed by atoms with Crippen LogP contribution < -0.4 is 5.73 Å². The molecule has 536 valence electrons. The van der Waals surface area contributed by atoms with Gasteiger partial charge < -0.3 is 20.1 Å². The highest BCUT2D eigenvalue weighted by molar-refractivity contribution is 7.47. The van der Waals surface area contributed by atoms with Crippen molar-refractivity contribution < 1.29 is 37.6 Å². The van der Waals surface area contributed by atoms with Gasteiger partial charge in [-0.15, -0.1) is 0 Å². The van der Waals surface area contributed by atoms with Crippen molar-refractivity contribution in [3.63, 3.8) is 0 Å². The Morgan fingerprint density at radius 3 is 0.835 bits per heavy atom. The SMILES string of the molecule is CCCCCCC/C=C\C/C=C\CCCCCCCCCCCCCCCCCCCCCCCCCCCC(=O)OC(COC(=O)CCCCCCCCCCCCCCCCCCCCCCC/C=C\C/C=C\CCCCCCC)COP(=O)(O)OCCN. The molecule has 91 heavy (non-hydrogen) atoms. The number of allylic oxidation sites excluding steroid dienone is 8. The first-order chi connectivity index (χ1) is 44.8. The Morgan fingerprint density at radius 1 is 0.330 bits per heavy atom. The van der Waals surface area contributed by atoms with Gasteiger partial charge in [0.05, 0.1) is 13.2 Å². The summed E-state index contributed by atoms with van der Waals surface area (Å²) in [5.74, 6) is -0.802. The first kappa shape index (κ1) is 89.0. The molecule has 0 aliphatic heterocycles. The van der Waals surface area contributed by atoms with Crippen LogP contribution in [0.5, 0.6) is 0 Å². The Morgan fingerprint density at radius 2 is 0.571 bits per heavy atom. The molecule has 0 aliphatic rings. The Kier molecular flexibility index (Phi) is 75.3. The molecule has 0 aromatic carbocycles. The van der Waals surface area contributed by atoms with Gasteiger partial charge in [0.2, 0.25) is 0 Å². The van der Waals surface area contributed by atoms with E-state index in [9.17, 15) is 19.0 Å². The van der Waals surface area contributed by atoms with Crippen LogP contribution in [-0.2, 0) is 32.7 Å². The van der Waals surface area contributed by atoms with Gasteiger partial charge in [0.25, 0.3) is 0 Å². The van der Waals surface area contributed by atoms with E-state index >= 15 is 0 Å². The van der Waals surface area contributed by atoms with Crippen molar-refractivity contribution in [3.05, 3.63) is 48.6 Å². The number of hydrogen-bond acceptors (Lipinski definition) is 8. The number of nitrogens with two attached hydrogens (primary N) is 1. The third kappa shape index (κ3) is 76.9. The highest BCUT2D eigenvalue weighted by Crippen LogP contribution is 2.43. The second-order valence-electron chi connectivity index (χ2n) is 27.3. The molecular weight excluding hydrogens is 1150 g/mol. The molecule has 0 heterocycles. The summed E-state index contributed by atoms with van der Waals surface area (Å²) in [4.78, 5) is 35.5. The molecule has 0 aromatic rings. The molecule has 0 saturated heterocycles. The second-order valence-corrected chi connectivity index (χ2v) is 28.7. The predicted octanol–water partition coefficient (Wildman–Crippen LogP) is 26.8. The minimum atomic E-state index is -4.39. The standard InChI is InChI=1S/C81H154NO8P/c1-3-5-7-9-11-13-15-17-19-21-23-25-27-29-31-33-35-37-38-39-40-42-44-46-48-50-52-54-56-58-60-62-64-66-68-70-72-74-81(84)90-79(78-89-91(85,86)88-76-75-82)77-87-80(83)73-71-69-67-65-63-61-59-57-55-53-51-49-47-45-43-41-36-34-32-30-28-26-24-22-20-18-16-14-12-10-8-6-4-2/h15-18,21-24,79H,3-14,19-20,25-78,82H2,1-2H3,(H,85,86)/b17-15-,18-16-,23-21-,24-22-. The summed E-state index contributed by atoms with van der Waals surface area (Å²) in [6.07, 6.45) is 99.7. The zero-order chi connectivity index (χ0) is 65.8. The molecule has 0 radical (unpaired) electrons. The van der Waals surface area contributed by atoms with Gasteiger partial charge in [-0.2, -0.15) is 0 Å². The minimum absolute atomic E-state index is 0.0561. The van der Waals surface area contributed by atoms with E-state index in [1.54, 1.807) is 0 Å². The maximum absolute atomic E-state index is 12.8. The number of phosphoric ester groups is 1. The van der Waals surface area contributed by atoms with Crippen LogP contribution in [0.4, 0.5) is 0 Å². The van der Waals surface area contributed by atoms with Gasteiger partial charge in [-0.25, -0.2) is 4.57 Å². The molecule has 0 spiro atoms. The fraction of sp³-hybridized carbons (Fsp3) is 0.877. The van der Waals surface area contributed by atoms with Crippen molar-refractivity contribution >= 4 is 19.8 Å². The molecule has 0 aliphatic carbocycles. The van der Waals surface area contributed by atoms with Crippen molar-refractivity contribution in [2.75, 3.05) is 26.4 Å². The summed E-state index contributed by atoms with van der Waals surface area (Å²) in [5.41, 5.74) is 5.42. The number of hydrogen-bond donors (Lipinski definition) is 2. The lowest BCUT2D eigenvalue weighted by Crippen LogP contribution is -2.29. The van der Waals surface area contributed by atoms with E-state index in [0.717, 1.165) is 44.9 Å². The lowest BCUT2D eigenvalue weighted by Gasteiger charge is -2.19. The maximum atomic E-state index is 12.8. The van der Waals surface area contributed by atoms with Gasteiger partial charge in [0.15, 0.2) is 6.10 Å². The van der Waals surface area contributed by atoms with E-state index in [2.05, 4.69) is 62.5 Å². The minimum Gasteiger partial charge on any atom is -0.462 e. The van der Waals surface area contributed by atoms with E-state index in [4.69, 9.17) is 24.3 Å². The fourth-order valence-electron chi connectivity index (χ4n) is 12.2. The lowest BCUT2D eigenvalue weighted by atomic mass is 10.0. The Bertz CT molecular complexity index is 1630. The summed E-state index contributed by atoms with van der Waals surface area (Å²) < 4.78 is 33.3. The number of phosphoric acid groups is 1. The van der Waals surface area contributed by atoms with Crippen LogP contribution in [0.25, 0.3) is 0 Å². The zero-order valence-electron chi connectivity index (χ0n) is 60.6. The third-order valence-electron chi connectivity index (χ3n) is 18.2. The molecule has 0 amide bonds. The van der Waals surface area contributed by atoms with Crippen LogP contribution in [0, 0.1) is 0 Å². The van der Waals surface area contributed by atoms with E-state index in [1.807, 2.05) is 0 Å². The van der Waals surface area contributed by atoms with Crippen LogP contribution in [0.1, 0.15) is 425 Å².